The van der Waals surface area contributed by atoms with Crippen LogP contribution in [0.25, 0.3) is 10.6 Å². The molecule has 0 unspecified atom stereocenters. The maximum Gasteiger partial charge on any atom is 0.416 e. The Morgan fingerprint density at radius 2 is 1.78 bits per heavy atom. The molecule has 0 saturated carbocycles. The van der Waals surface area contributed by atoms with Gasteiger partial charge in [0.15, 0.2) is 0 Å². The molecule has 0 aliphatic rings. The van der Waals surface area contributed by atoms with Crippen LogP contribution in [0.4, 0.5) is 18.9 Å². The second kappa shape index (κ2) is 7.20. The molecule has 5 nitrogen and oxygen atoms in total. The molecular weight excluding hydrogens is 381 g/mol. The first kappa shape index (κ1) is 18.6. The number of halogens is 3. The summed E-state index contributed by atoms with van der Waals surface area (Å²) in [5.74, 6) is -1.67. The van der Waals surface area contributed by atoms with Gasteiger partial charge in [-0.1, -0.05) is 18.2 Å². The van der Waals surface area contributed by atoms with Crippen LogP contribution in [0.2, 0.25) is 0 Å². The topological polar surface area (TPSA) is 79.3 Å². The third kappa shape index (κ3) is 4.32. The van der Waals surface area contributed by atoms with Crippen LogP contribution < -0.4 is 5.32 Å². The molecular formula is C18H11F3N2O3S. The van der Waals surface area contributed by atoms with E-state index in [9.17, 15) is 22.8 Å². The number of nitrogens with one attached hydrogen (secondary N) is 1. The molecule has 0 aliphatic carbocycles. The van der Waals surface area contributed by atoms with E-state index in [-0.39, 0.29) is 11.3 Å². The van der Waals surface area contributed by atoms with Crippen LogP contribution in [0.3, 0.4) is 0 Å². The average Bonchev–Trinajstić information content (AvgIpc) is 3.11. The number of hydrogen-bond acceptors (Lipinski definition) is 4. The molecule has 27 heavy (non-hydrogen) atoms. The van der Waals surface area contributed by atoms with Gasteiger partial charge < -0.3 is 10.4 Å². The summed E-state index contributed by atoms with van der Waals surface area (Å²) < 4.78 is 37.8. The van der Waals surface area contributed by atoms with Crippen molar-refractivity contribution < 1.29 is 27.9 Å². The van der Waals surface area contributed by atoms with Gasteiger partial charge in [-0.25, -0.2) is 9.78 Å². The fraction of sp³-hybridized carbons (Fsp3) is 0.0556. The molecule has 1 heterocycles. The molecule has 0 bridgehead atoms. The summed E-state index contributed by atoms with van der Waals surface area (Å²) in [6.45, 7) is 0. The summed E-state index contributed by atoms with van der Waals surface area (Å²) in [6, 6.07) is 10.2. The predicted molar refractivity (Wildman–Crippen MR) is 93.9 cm³/mol. The Morgan fingerprint density at radius 3 is 2.41 bits per heavy atom. The molecule has 2 aromatic carbocycles. The number of rotatable bonds is 4. The highest BCUT2D eigenvalue weighted by atomic mass is 32.1. The molecule has 0 atom stereocenters. The van der Waals surface area contributed by atoms with Crippen LogP contribution in [0.1, 0.15) is 26.4 Å². The van der Waals surface area contributed by atoms with Crippen LogP contribution in [-0.4, -0.2) is 22.0 Å². The Balaban J connectivity index is 1.76. The van der Waals surface area contributed by atoms with Crippen molar-refractivity contribution >= 4 is 28.9 Å². The van der Waals surface area contributed by atoms with Gasteiger partial charge in [-0.3, -0.25) is 4.79 Å². The van der Waals surface area contributed by atoms with Crippen LogP contribution in [-0.2, 0) is 6.18 Å². The highest BCUT2D eigenvalue weighted by Crippen LogP contribution is 2.31. The number of carboxylic acid groups (broad SMARTS) is 1. The number of aromatic carboxylic acids is 1. The van der Waals surface area contributed by atoms with Crippen molar-refractivity contribution in [3.05, 3.63) is 70.7 Å². The van der Waals surface area contributed by atoms with E-state index in [1.807, 2.05) is 0 Å². The quantitative estimate of drug-likeness (QED) is 0.670. The van der Waals surface area contributed by atoms with Gasteiger partial charge in [0.05, 0.1) is 11.1 Å². The number of anilines is 1. The number of amides is 1. The van der Waals surface area contributed by atoms with Gasteiger partial charge in [-0.15, -0.1) is 11.3 Å². The molecule has 3 rings (SSSR count). The number of carbonyl (C=O) groups is 2. The number of benzene rings is 2. The molecule has 0 spiro atoms. The number of thiazole rings is 1. The zero-order valence-electron chi connectivity index (χ0n) is 13.4. The lowest BCUT2D eigenvalue weighted by atomic mass is 10.1. The minimum atomic E-state index is -4.42. The molecule has 138 valence electrons. The van der Waals surface area contributed by atoms with Gasteiger partial charge in [0.25, 0.3) is 5.91 Å². The lowest BCUT2D eigenvalue weighted by Gasteiger charge is -2.06. The molecule has 0 saturated heterocycles. The monoisotopic (exact) mass is 392 g/mol. The van der Waals surface area contributed by atoms with Gasteiger partial charge in [0.1, 0.15) is 10.7 Å². The summed E-state index contributed by atoms with van der Waals surface area (Å²) >= 11 is 1.12. The van der Waals surface area contributed by atoms with Crippen LogP contribution in [0, 0.1) is 0 Å². The molecule has 3 aromatic rings. The Labute approximate surface area is 155 Å². The lowest BCUT2D eigenvalue weighted by molar-refractivity contribution is -0.137. The Hall–Kier alpha value is -3.20. The SMILES string of the molecule is O=C(O)c1cccc(NC(=O)c2csc(-c3ccc(C(F)(F)F)cc3)n2)c1. The smallest absolute Gasteiger partial charge is 0.416 e. The Kier molecular flexibility index (Phi) is 4.95. The number of hydrogen-bond donors (Lipinski definition) is 2. The van der Waals surface area contributed by atoms with Crippen LogP contribution in [0.15, 0.2) is 53.9 Å². The van der Waals surface area contributed by atoms with Crippen molar-refractivity contribution in [3.8, 4) is 10.6 Å². The van der Waals surface area contributed by atoms with Crippen LogP contribution in [0.5, 0.6) is 0 Å². The second-order valence-electron chi connectivity index (χ2n) is 5.45. The maximum absolute atomic E-state index is 12.6. The third-order valence-electron chi connectivity index (χ3n) is 3.56. The van der Waals surface area contributed by atoms with Gasteiger partial charge in [-0.2, -0.15) is 13.2 Å². The lowest BCUT2D eigenvalue weighted by Crippen LogP contribution is -2.12. The van der Waals surface area contributed by atoms with E-state index in [1.54, 1.807) is 0 Å². The Bertz CT molecular complexity index is 998. The van der Waals surface area contributed by atoms with Gasteiger partial charge in [0.2, 0.25) is 0 Å². The number of nitrogens with zero attached hydrogens (tertiary/aromatic N) is 1. The fourth-order valence-electron chi connectivity index (χ4n) is 2.24. The van der Waals surface area contributed by atoms with E-state index in [1.165, 1.54) is 41.8 Å². The molecule has 2 N–H and O–H groups in total. The van der Waals surface area contributed by atoms with E-state index in [4.69, 9.17) is 5.11 Å². The van der Waals surface area contributed by atoms with Crippen LogP contribution >= 0.6 is 11.3 Å². The van der Waals surface area contributed by atoms with Gasteiger partial charge in [0, 0.05) is 16.6 Å². The van der Waals surface area contributed by atoms with Crippen molar-refractivity contribution in [1.82, 2.24) is 4.98 Å². The highest BCUT2D eigenvalue weighted by Gasteiger charge is 2.30. The zero-order valence-corrected chi connectivity index (χ0v) is 14.3. The summed E-state index contributed by atoms with van der Waals surface area (Å²) in [6.07, 6.45) is -4.42. The number of alkyl halides is 3. The zero-order chi connectivity index (χ0) is 19.6. The number of aromatic nitrogens is 1. The van der Waals surface area contributed by atoms with Gasteiger partial charge in [-0.05, 0) is 30.3 Å². The van der Waals surface area contributed by atoms with E-state index in [0.717, 1.165) is 23.5 Å². The second-order valence-corrected chi connectivity index (χ2v) is 6.31. The first-order chi connectivity index (χ1) is 12.7. The fourth-order valence-corrected chi connectivity index (χ4v) is 3.04. The van der Waals surface area contributed by atoms with Crippen molar-refractivity contribution in [2.45, 2.75) is 6.18 Å². The van der Waals surface area contributed by atoms with E-state index in [2.05, 4.69) is 10.3 Å². The number of carboxylic acids is 1. The highest BCUT2D eigenvalue weighted by molar-refractivity contribution is 7.13. The third-order valence-corrected chi connectivity index (χ3v) is 4.45. The van der Waals surface area contributed by atoms with E-state index < -0.39 is 23.6 Å². The maximum atomic E-state index is 12.6. The van der Waals surface area contributed by atoms with E-state index >= 15 is 0 Å². The molecule has 0 aliphatic heterocycles. The minimum absolute atomic E-state index is 0.0246. The summed E-state index contributed by atoms with van der Waals surface area (Å²) in [5, 5.41) is 13.4. The van der Waals surface area contributed by atoms with Crippen molar-refractivity contribution in [2.75, 3.05) is 5.32 Å². The molecule has 1 aromatic heterocycles. The minimum Gasteiger partial charge on any atom is -0.478 e. The van der Waals surface area contributed by atoms with Crippen molar-refractivity contribution in [3.63, 3.8) is 0 Å². The molecule has 0 fully saturated rings. The Morgan fingerprint density at radius 1 is 1.07 bits per heavy atom. The normalized spacial score (nSPS) is 11.2. The summed E-state index contributed by atoms with van der Waals surface area (Å²) in [7, 11) is 0. The summed E-state index contributed by atoms with van der Waals surface area (Å²) in [4.78, 5) is 27.4. The predicted octanol–water partition coefficient (Wildman–Crippen LogP) is 4.78. The summed E-state index contributed by atoms with van der Waals surface area (Å²) in [5.41, 5.74) is 0.0927. The molecule has 0 radical (unpaired) electrons. The largest absolute Gasteiger partial charge is 0.478 e. The molecule has 9 heteroatoms. The van der Waals surface area contributed by atoms with E-state index in [0.29, 0.717) is 16.3 Å². The number of carbonyl (C=O) groups excluding carboxylic acids is 1. The standard InChI is InChI=1S/C18H11F3N2O3S/c19-18(20,21)12-6-4-10(5-7-12)16-23-14(9-27-16)15(24)22-13-3-1-2-11(8-13)17(25)26/h1-9H,(H,22,24)(H,25,26). The first-order valence-electron chi connectivity index (χ1n) is 7.52. The average molecular weight is 392 g/mol. The van der Waals surface area contributed by atoms with Gasteiger partial charge >= 0.3 is 12.1 Å². The molecule has 1 amide bonds. The first-order valence-corrected chi connectivity index (χ1v) is 8.40. The van der Waals surface area contributed by atoms with Crippen molar-refractivity contribution in [2.24, 2.45) is 0 Å². The van der Waals surface area contributed by atoms with Crippen molar-refractivity contribution in [1.29, 1.82) is 0 Å².